The van der Waals surface area contributed by atoms with E-state index in [4.69, 9.17) is 23.2 Å². The van der Waals surface area contributed by atoms with Gasteiger partial charge in [0.2, 0.25) is 21.8 Å². The Morgan fingerprint density at radius 3 is 2.30 bits per heavy atom. The normalized spacial score (nSPS) is 12.2. The van der Waals surface area contributed by atoms with Crippen LogP contribution in [0.4, 0.5) is 5.69 Å². The van der Waals surface area contributed by atoms with Gasteiger partial charge in [0.1, 0.15) is 12.6 Å². The number of hydrogen-bond donors (Lipinski definition) is 1. The van der Waals surface area contributed by atoms with Gasteiger partial charge < -0.3 is 10.2 Å². The van der Waals surface area contributed by atoms with Crippen LogP contribution in [0.1, 0.15) is 30.5 Å². The average molecular weight is 514 g/mol. The molecule has 10 heteroatoms. The van der Waals surface area contributed by atoms with Gasteiger partial charge in [0.25, 0.3) is 0 Å². The number of aryl methyl sites for hydroxylation is 2. The van der Waals surface area contributed by atoms with Crippen LogP contribution in [0.15, 0.2) is 36.4 Å². The lowest BCUT2D eigenvalue weighted by Crippen LogP contribution is -2.51. The molecule has 0 aliphatic carbocycles. The van der Waals surface area contributed by atoms with Crippen LogP contribution in [0.25, 0.3) is 0 Å². The Bertz CT molecular complexity index is 1140. The van der Waals surface area contributed by atoms with Crippen LogP contribution in [0, 0.1) is 13.8 Å². The summed E-state index contributed by atoms with van der Waals surface area (Å²) < 4.78 is 26.4. The van der Waals surface area contributed by atoms with Crippen LogP contribution >= 0.6 is 23.2 Å². The molecule has 0 aromatic heterocycles. The van der Waals surface area contributed by atoms with Crippen molar-refractivity contribution in [2.24, 2.45) is 0 Å². The molecule has 0 heterocycles. The van der Waals surface area contributed by atoms with Crippen molar-refractivity contribution in [3.63, 3.8) is 0 Å². The summed E-state index contributed by atoms with van der Waals surface area (Å²) in [4.78, 5) is 27.4. The first-order chi connectivity index (χ1) is 15.3. The highest BCUT2D eigenvalue weighted by atomic mass is 35.5. The number of amides is 2. The molecule has 7 nitrogen and oxygen atoms in total. The molecule has 0 radical (unpaired) electrons. The quantitative estimate of drug-likeness (QED) is 0.550. The number of nitrogens with one attached hydrogen (secondary N) is 1. The molecule has 0 unspecified atom stereocenters. The van der Waals surface area contributed by atoms with Gasteiger partial charge in [0, 0.05) is 13.1 Å². The summed E-state index contributed by atoms with van der Waals surface area (Å²) in [6.45, 7) is 7.01. The molecule has 2 aromatic carbocycles. The Morgan fingerprint density at radius 2 is 1.73 bits per heavy atom. The fraction of sp³-hybridized carbons (Fsp3) is 0.391. The number of benzene rings is 2. The molecule has 0 aliphatic heterocycles. The average Bonchev–Trinajstić information content (AvgIpc) is 2.73. The zero-order valence-corrected chi connectivity index (χ0v) is 21.7. The molecule has 0 spiro atoms. The lowest BCUT2D eigenvalue weighted by Gasteiger charge is -2.32. The molecular formula is C23H29Cl2N3O4S. The molecule has 0 bridgehead atoms. The number of carbonyl (C=O) groups excluding carboxylic acids is 2. The van der Waals surface area contributed by atoms with Gasteiger partial charge in [-0.2, -0.15) is 0 Å². The zero-order chi connectivity index (χ0) is 24.9. The van der Waals surface area contributed by atoms with E-state index in [0.29, 0.717) is 33.4 Å². The van der Waals surface area contributed by atoms with Gasteiger partial charge in [-0.3, -0.25) is 13.9 Å². The maximum Gasteiger partial charge on any atom is 0.244 e. The highest BCUT2D eigenvalue weighted by molar-refractivity contribution is 7.92. The van der Waals surface area contributed by atoms with E-state index in [1.807, 2.05) is 13.0 Å². The second-order valence-electron chi connectivity index (χ2n) is 7.90. The minimum absolute atomic E-state index is 0.0540. The number of sulfonamides is 1. The maximum absolute atomic E-state index is 13.5. The van der Waals surface area contributed by atoms with E-state index in [-0.39, 0.29) is 12.5 Å². The van der Waals surface area contributed by atoms with Gasteiger partial charge in [-0.1, -0.05) is 41.4 Å². The lowest BCUT2D eigenvalue weighted by molar-refractivity contribution is -0.139. The molecule has 2 amide bonds. The summed E-state index contributed by atoms with van der Waals surface area (Å²) in [6, 6.07) is 9.49. The van der Waals surface area contributed by atoms with Crippen LogP contribution in [-0.2, 0) is 26.2 Å². The van der Waals surface area contributed by atoms with Crippen molar-refractivity contribution < 1.29 is 18.0 Å². The molecule has 1 atom stereocenters. The van der Waals surface area contributed by atoms with Crippen molar-refractivity contribution in [2.75, 3.05) is 23.7 Å². The minimum Gasteiger partial charge on any atom is -0.355 e. The van der Waals surface area contributed by atoms with Crippen molar-refractivity contribution in [3.8, 4) is 0 Å². The Labute approximate surface area is 205 Å². The number of halogens is 2. The highest BCUT2D eigenvalue weighted by Gasteiger charge is 2.30. The van der Waals surface area contributed by atoms with Crippen LogP contribution in [0.3, 0.4) is 0 Å². The van der Waals surface area contributed by atoms with E-state index in [0.717, 1.165) is 16.1 Å². The van der Waals surface area contributed by atoms with Gasteiger partial charge >= 0.3 is 0 Å². The molecule has 0 saturated heterocycles. The molecule has 33 heavy (non-hydrogen) atoms. The number of hydrogen-bond acceptors (Lipinski definition) is 4. The van der Waals surface area contributed by atoms with Crippen LogP contribution in [-0.4, -0.2) is 50.5 Å². The molecule has 0 fully saturated rings. The monoisotopic (exact) mass is 513 g/mol. The number of likely N-dealkylation sites (N-methyl/N-ethyl adjacent to an activating group) is 1. The van der Waals surface area contributed by atoms with Gasteiger partial charge in [0.15, 0.2) is 0 Å². The smallest absolute Gasteiger partial charge is 0.244 e. The highest BCUT2D eigenvalue weighted by Crippen LogP contribution is 2.26. The maximum atomic E-state index is 13.5. The Morgan fingerprint density at radius 1 is 1.06 bits per heavy atom. The Balaban J connectivity index is 2.45. The zero-order valence-electron chi connectivity index (χ0n) is 19.4. The summed E-state index contributed by atoms with van der Waals surface area (Å²) >= 11 is 12.1. The van der Waals surface area contributed by atoms with Gasteiger partial charge in [0.05, 0.1) is 22.0 Å². The first kappa shape index (κ1) is 27.0. The topological polar surface area (TPSA) is 86.8 Å². The second kappa shape index (κ2) is 11.2. The number of nitrogens with zero attached hydrogens (tertiary/aromatic N) is 2. The summed E-state index contributed by atoms with van der Waals surface area (Å²) in [5.74, 6) is -0.866. The summed E-state index contributed by atoms with van der Waals surface area (Å²) in [6.07, 6.45) is 1.05. The van der Waals surface area contributed by atoms with Gasteiger partial charge in [-0.15, -0.1) is 0 Å². The van der Waals surface area contributed by atoms with E-state index in [2.05, 4.69) is 5.32 Å². The molecule has 0 saturated carbocycles. The Hall–Kier alpha value is -2.29. The molecule has 1 N–H and O–H groups in total. The van der Waals surface area contributed by atoms with E-state index >= 15 is 0 Å². The second-order valence-corrected chi connectivity index (χ2v) is 10.6. The minimum atomic E-state index is -3.78. The van der Waals surface area contributed by atoms with Crippen molar-refractivity contribution in [2.45, 2.75) is 40.3 Å². The standard InChI is InChI=1S/C23H29Cl2N3O4S/c1-6-26-23(30)17(4)27(13-18-9-10-19(24)20(25)12-18)22(29)14-28(33(5,31)32)21-11-15(2)7-8-16(21)3/h7-12,17H,6,13-14H2,1-5H3,(H,26,30)/t17-/m1/s1. The van der Waals surface area contributed by atoms with Gasteiger partial charge in [-0.05, 0) is 62.6 Å². The molecule has 180 valence electrons. The van der Waals surface area contributed by atoms with Crippen LogP contribution in [0.2, 0.25) is 10.0 Å². The third-order valence-corrected chi connectivity index (χ3v) is 7.03. The largest absolute Gasteiger partial charge is 0.355 e. The number of anilines is 1. The van der Waals surface area contributed by atoms with Crippen LogP contribution in [0.5, 0.6) is 0 Å². The van der Waals surface area contributed by atoms with E-state index < -0.39 is 28.5 Å². The van der Waals surface area contributed by atoms with E-state index in [9.17, 15) is 18.0 Å². The Kier molecular flexibility index (Phi) is 9.17. The molecule has 0 aliphatic rings. The predicted octanol–water partition coefficient (Wildman–Crippen LogP) is 3.93. The summed E-state index contributed by atoms with van der Waals surface area (Å²) in [7, 11) is -3.78. The third-order valence-electron chi connectivity index (χ3n) is 5.17. The van der Waals surface area contributed by atoms with Crippen molar-refractivity contribution in [1.82, 2.24) is 10.2 Å². The van der Waals surface area contributed by atoms with Crippen molar-refractivity contribution >= 4 is 50.7 Å². The lowest BCUT2D eigenvalue weighted by atomic mass is 10.1. The molecule has 2 aromatic rings. The van der Waals surface area contributed by atoms with E-state index in [1.165, 1.54) is 4.90 Å². The van der Waals surface area contributed by atoms with E-state index in [1.54, 1.807) is 51.1 Å². The number of carbonyl (C=O) groups is 2. The fourth-order valence-corrected chi connectivity index (χ4v) is 4.54. The van der Waals surface area contributed by atoms with Crippen molar-refractivity contribution in [3.05, 3.63) is 63.1 Å². The molecule has 2 rings (SSSR count). The first-order valence-corrected chi connectivity index (χ1v) is 13.0. The summed E-state index contributed by atoms with van der Waals surface area (Å²) in [5.41, 5.74) is 2.66. The third kappa shape index (κ3) is 7.09. The molecular weight excluding hydrogens is 485 g/mol. The summed E-state index contributed by atoms with van der Waals surface area (Å²) in [5, 5.41) is 3.40. The van der Waals surface area contributed by atoms with Gasteiger partial charge in [-0.25, -0.2) is 8.42 Å². The predicted molar refractivity (Wildman–Crippen MR) is 133 cm³/mol. The van der Waals surface area contributed by atoms with Crippen molar-refractivity contribution in [1.29, 1.82) is 0 Å². The fourth-order valence-electron chi connectivity index (χ4n) is 3.32. The first-order valence-electron chi connectivity index (χ1n) is 10.4. The SMILES string of the molecule is CCNC(=O)[C@@H](C)N(Cc1ccc(Cl)c(Cl)c1)C(=O)CN(c1cc(C)ccc1C)S(C)(=O)=O. The van der Waals surface area contributed by atoms with Crippen LogP contribution < -0.4 is 9.62 Å². The number of rotatable bonds is 9.